The fraction of sp³-hybridized carbons (Fsp3) is 0.250. The van der Waals surface area contributed by atoms with Crippen LogP contribution in [0.2, 0.25) is 0 Å². The second-order valence-corrected chi connectivity index (χ2v) is 10.1. The van der Waals surface area contributed by atoms with E-state index in [2.05, 4.69) is 67.7 Å². The molecule has 1 fully saturated rings. The summed E-state index contributed by atoms with van der Waals surface area (Å²) in [5.41, 5.74) is 4.77. The lowest BCUT2D eigenvalue weighted by atomic mass is 10.2. The molecule has 4 aromatic rings. The number of amides is 1. The fourth-order valence-corrected chi connectivity index (χ4v) is 5.09. The van der Waals surface area contributed by atoms with Gasteiger partial charge in [-0.1, -0.05) is 12.1 Å². The number of anilines is 2. The van der Waals surface area contributed by atoms with Gasteiger partial charge in [0.1, 0.15) is 0 Å². The number of hydrogen-bond donors (Lipinski definition) is 2. The third-order valence-corrected chi connectivity index (χ3v) is 7.26. The molecular formula is C28H30N6OS. The first kappa shape index (κ1) is 24.1. The number of benzene rings is 2. The van der Waals surface area contributed by atoms with Crippen molar-refractivity contribution >= 4 is 52.1 Å². The molecule has 1 amide bonds. The number of piperazine rings is 1. The Hall–Kier alpha value is -3.62. The molecule has 0 atom stereocenters. The van der Waals surface area contributed by atoms with Crippen LogP contribution in [0.15, 0.2) is 71.8 Å². The largest absolute Gasteiger partial charge is 0.369 e. The van der Waals surface area contributed by atoms with E-state index < -0.39 is 0 Å². The lowest BCUT2D eigenvalue weighted by Crippen LogP contribution is -2.44. The van der Waals surface area contributed by atoms with E-state index in [1.165, 1.54) is 0 Å². The van der Waals surface area contributed by atoms with Crippen LogP contribution in [0.25, 0.3) is 23.1 Å². The summed E-state index contributed by atoms with van der Waals surface area (Å²) in [7, 11) is 2.15. The molecule has 36 heavy (non-hydrogen) atoms. The Balaban J connectivity index is 1.13. The number of carbonyl (C=O) groups is 1. The quantitative estimate of drug-likeness (QED) is 0.333. The number of nitrogens with one attached hydrogen (secondary N) is 2. The normalized spacial score (nSPS) is 14.5. The molecule has 0 aliphatic carbocycles. The lowest BCUT2D eigenvalue weighted by Gasteiger charge is -2.34. The zero-order chi connectivity index (χ0) is 24.7. The predicted octanol–water partition coefficient (Wildman–Crippen LogP) is 5.00. The van der Waals surface area contributed by atoms with Gasteiger partial charge in [0, 0.05) is 66.2 Å². The van der Waals surface area contributed by atoms with E-state index in [0.717, 1.165) is 64.7 Å². The number of carbonyl (C=O) groups excluding carboxylic acids is 1. The van der Waals surface area contributed by atoms with E-state index >= 15 is 0 Å². The van der Waals surface area contributed by atoms with Crippen molar-refractivity contribution < 1.29 is 4.79 Å². The number of nitrogens with zero attached hydrogens (tertiary/aromatic N) is 4. The number of fused-ring (bicyclic) bond motifs is 1. The summed E-state index contributed by atoms with van der Waals surface area (Å²) < 4.78 is 0. The molecule has 1 aliphatic heterocycles. The molecule has 0 saturated carbocycles. The van der Waals surface area contributed by atoms with Crippen molar-refractivity contribution in [1.29, 1.82) is 0 Å². The maximum absolute atomic E-state index is 12.6. The van der Waals surface area contributed by atoms with Crippen LogP contribution >= 0.6 is 11.8 Å². The maximum Gasteiger partial charge on any atom is 0.225 e. The Morgan fingerprint density at radius 2 is 1.94 bits per heavy atom. The highest BCUT2D eigenvalue weighted by molar-refractivity contribution is 7.99. The van der Waals surface area contributed by atoms with Crippen molar-refractivity contribution in [3.05, 3.63) is 78.2 Å². The molecule has 2 aromatic heterocycles. The summed E-state index contributed by atoms with van der Waals surface area (Å²) in [6, 6.07) is 20.2. The highest BCUT2D eigenvalue weighted by atomic mass is 32.2. The van der Waals surface area contributed by atoms with E-state index in [0.29, 0.717) is 12.2 Å². The Morgan fingerprint density at radius 3 is 2.78 bits per heavy atom. The number of likely N-dealkylation sites (N-methyl/N-ethyl adjacent to an activating group) is 1. The SMILES string of the molecule is CN1CCN(c2cccc(NC(=O)CCSc3ccc4c(C=Cc5ccccn5)n[nH]c4c3)c2)CC1. The van der Waals surface area contributed by atoms with E-state index in [1.54, 1.807) is 18.0 Å². The number of thioether (sulfide) groups is 1. The zero-order valence-corrected chi connectivity index (χ0v) is 21.2. The molecule has 184 valence electrons. The van der Waals surface area contributed by atoms with Crippen LogP contribution < -0.4 is 10.2 Å². The molecule has 8 heteroatoms. The monoisotopic (exact) mass is 498 g/mol. The van der Waals surface area contributed by atoms with Crippen molar-refractivity contribution in [3.8, 4) is 0 Å². The van der Waals surface area contributed by atoms with Gasteiger partial charge in [-0.2, -0.15) is 5.10 Å². The van der Waals surface area contributed by atoms with Crippen LogP contribution in [0.4, 0.5) is 11.4 Å². The third-order valence-electron chi connectivity index (χ3n) is 6.26. The van der Waals surface area contributed by atoms with Crippen molar-refractivity contribution in [2.75, 3.05) is 49.2 Å². The third kappa shape index (κ3) is 6.13. The predicted molar refractivity (Wildman–Crippen MR) is 149 cm³/mol. The zero-order valence-electron chi connectivity index (χ0n) is 20.4. The Kier molecular flexibility index (Phi) is 7.64. The summed E-state index contributed by atoms with van der Waals surface area (Å²) >= 11 is 1.67. The van der Waals surface area contributed by atoms with Gasteiger partial charge in [-0.15, -0.1) is 11.8 Å². The van der Waals surface area contributed by atoms with Crippen molar-refractivity contribution in [2.24, 2.45) is 0 Å². The smallest absolute Gasteiger partial charge is 0.225 e. The lowest BCUT2D eigenvalue weighted by molar-refractivity contribution is -0.115. The fourth-order valence-electron chi connectivity index (χ4n) is 4.21. The van der Waals surface area contributed by atoms with Crippen LogP contribution in [0.3, 0.4) is 0 Å². The van der Waals surface area contributed by atoms with E-state index in [-0.39, 0.29) is 5.91 Å². The molecular weight excluding hydrogens is 468 g/mol. The van der Waals surface area contributed by atoms with Crippen molar-refractivity contribution in [3.63, 3.8) is 0 Å². The summed E-state index contributed by atoms with van der Waals surface area (Å²) in [5, 5.41) is 11.7. The van der Waals surface area contributed by atoms with E-state index in [4.69, 9.17) is 0 Å². The number of aromatic amines is 1. The first-order valence-corrected chi connectivity index (χ1v) is 13.2. The highest BCUT2D eigenvalue weighted by Crippen LogP contribution is 2.26. The molecule has 0 radical (unpaired) electrons. The summed E-state index contributed by atoms with van der Waals surface area (Å²) in [6.45, 7) is 4.13. The van der Waals surface area contributed by atoms with Gasteiger partial charge in [0.2, 0.25) is 5.91 Å². The molecule has 1 aliphatic rings. The van der Waals surface area contributed by atoms with Crippen molar-refractivity contribution in [2.45, 2.75) is 11.3 Å². The Morgan fingerprint density at radius 1 is 1.06 bits per heavy atom. The minimum atomic E-state index is 0.0302. The van der Waals surface area contributed by atoms with Gasteiger partial charge in [-0.3, -0.25) is 14.9 Å². The highest BCUT2D eigenvalue weighted by Gasteiger charge is 2.15. The van der Waals surface area contributed by atoms with Crippen LogP contribution in [0.1, 0.15) is 17.8 Å². The molecule has 0 unspecified atom stereocenters. The number of pyridine rings is 1. The molecule has 2 aromatic carbocycles. The minimum absolute atomic E-state index is 0.0302. The first-order chi connectivity index (χ1) is 17.6. The van der Waals surface area contributed by atoms with E-state index in [9.17, 15) is 4.79 Å². The van der Waals surface area contributed by atoms with Crippen molar-refractivity contribution in [1.82, 2.24) is 20.1 Å². The Bertz CT molecular complexity index is 1340. The van der Waals surface area contributed by atoms with Gasteiger partial charge >= 0.3 is 0 Å². The number of H-pyrrole nitrogens is 1. The number of rotatable bonds is 8. The first-order valence-electron chi connectivity index (χ1n) is 12.2. The number of aromatic nitrogens is 3. The standard InChI is InChI=1S/C28H30N6OS/c1-33-14-16-34(17-15-33)23-7-4-6-22(19-23)30-28(35)12-18-36-24-9-10-25-26(31-32-27(25)20-24)11-8-21-5-2-3-13-29-21/h2-11,13,19-20H,12,14-18H2,1H3,(H,30,35)(H,31,32). The number of hydrogen-bond acceptors (Lipinski definition) is 6. The van der Waals surface area contributed by atoms with Gasteiger partial charge < -0.3 is 15.1 Å². The van der Waals surface area contributed by atoms with Crippen LogP contribution in [0, 0.1) is 0 Å². The van der Waals surface area contributed by atoms with Crippen LogP contribution in [0.5, 0.6) is 0 Å². The molecule has 3 heterocycles. The van der Waals surface area contributed by atoms with Gasteiger partial charge in [0.15, 0.2) is 0 Å². The molecule has 0 spiro atoms. The van der Waals surface area contributed by atoms with Gasteiger partial charge in [-0.05, 0) is 67.7 Å². The summed E-state index contributed by atoms with van der Waals surface area (Å²) in [5.74, 6) is 0.735. The topological polar surface area (TPSA) is 77.2 Å². The van der Waals surface area contributed by atoms with Crippen LogP contribution in [-0.4, -0.2) is 65.0 Å². The average molecular weight is 499 g/mol. The molecule has 7 nitrogen and oxygen atoms in total. The maximum atomic E-state index is 12.6. The summed E-state index contributed by atoms with van der Waals surface area (Å²) in [6.07, 6.45) is 6.15. The van der Waals surface area contributed by atoms with Gasteiger partial charge in [-0.25, -0.2) is 0 Å². The molecule has 0 bridgehead atoms. The molecule has 2 N–H and O–H groups in total. The molecule has 1 saturated heterocycles. The molecule has 5 rings (SSSR count). The van der Waals surface area contributed by atoms with Crippen LogP contribution in [-0.2, 0) is 4.79 Å². The second-order valence-electron chi connectivity index (χ2n) is 8.89. The van der Waals surface area contributed by atoms with E-state index in [1.807, 2.05) is 42.5 Å². The minimum Gasteiger partial charge on any atom is -0.369 e. The Labute approximate surface area is 215 Å². The second kappa shape index (κ2) is 11.4. The summed E-state index contributed by atoms with van der Waals surface area (Å²) in [4.78, 5) is 22.7. The van der Waals surface area contributed by atoms with Gasteiger partial charge in [0.05, 0.1) is 16.9 Å². The van der Waals surface area contributed by atoms with Gasteiger partial charge in [0.25, 0.3) is 0 Å². The average Bonchev–Trinajstić information content (AvgIpc) is 3.31.